The van der Waals surface area contributed by atoms with E-state index in [1.165, 1.54) is 11.0 Å². The number of phenols is 1. The van der Waals surface area contributed by atoms with Gasteiger partial charge in [-0.3, -0.25) is 14.4 Å². The molecule has 39 heavy (non-hydrogen) atoms. The van der Waals surface area contributed by atoms with Crippen LogP contribution in [0.25, 0.3) is 0 Å². The second-order valence-electron chi connectivity index (χ2n) is 11.6. The van der Waals surface area contributed by atoms with Crippen molar-refractivity contribution in [2.24, 2.45) is 11.7 Å². The number of carbonyl (C=O) groups excluding carboxylic acids is 4. The van der Waals surface area contributed by atoms with E-state index in [-0.39, 0.29) is 17.4 Å². The summed E-state index contributed by atoms with van der Waals surface area (Å²) in [6.07, 6.45) is 1.48. The Morgan fingerprint density at radius 1 is 1.00 bits per heavy atom. The van der Waals surface area contributed by atoms with Gasteiger partial charge in [0.25, 0.3) is 0 Å². The first-order valence-corrected chi connectivity index (χ1v) is 13.8. The quantitative estimate of drug-likeness (QED) is 0.274. The molecule has 0 heterocycles. The monoisotopic (exact) mass is 548 g/mol. The smallest absolute Gasteiger partial charge is 0.408 e. The highest BCUT2D eigenvalue weighted by Crippen LogP contribution is 2.33. The Bertz CT molecular complexity index is 975. The van der Waals surface area contributed by atoms with E-state index in [1.807, 2.05) is 20.8 Å². The van der Waals surface area contributed by atoms with Crippen molar-refractivity contribution < 1.29 is 29.0 Å². The fourth-order valence-corrected chi connectivity index (χ4v) is 4.31. The number of para-hydroxylation sites is 1. The SMILES string of the molecule is CCCC(C)NC(=O)C(c1ccccc1O)N(C(=O)C(CC(N)=O)NC(=O)OC(C)(C)C)C(C)CCC(C)C. The Labute approximate surface area is 233 Å². The number of aromatic hydroxyl groups is 1. The first-order chi connectivity index (χ1) is 18.1. The largest absolute Gasteiger partial charge is 0.508 e. The van der Waals surface area contributed by atoms with Gasteiger partial charge in [0, 0.05) is 17.6 Å². The number of primary amides is 1. The molecule has 0 saturated heterocycles. The molecule has 5 N–H and O–H groups in total. The third kappa shape index (κ3) is 11.5. The molecule has 220 valence electrons. The number of phenolic OH excluding ortho intramolecular Hbond substituents is 1. The number of benzene rings is 1. The zero-order valence-corrected chi connectivity index (χ0v) is 24.7. The van der Waals surface area contributed by atoms with Crippen molar-refractivity contribution in [3.63, 3.8) is 0 Å². The molecular formula is C29H48N4O6. The van der Waals surface area contributed by atoms with Crippen LogP contribution in [0.3, 0.4) is 0 Å². The van der Waals surface area contributed by atoms with Crippen LogP contribution in [0.1, 0.15) is 99.1 Å². The van der Waals surface area contributed by atoms with Crippen molar-refractivity contribution in [2.75, 3.05) is 0 Å². The van der Waals surface area contributed by atoms with Crippen molar-refractivity contribution in [1.29, 1.82) is 0 Å². The summed E-state index contributed by atoms with van der Waals surface area (Å²) in [5.74, 6) is -1.78. The molecule has 10 heteroatoms. The van der Waals surface area contributed by atoms with Crippen LogP contribution < -0.4 is 16.4 Å². The predicted octanol–water partition coefficient (Wildman–Crippen LogP) is 4.16. The third-order valence-corrected chi connectivity index (χ3v) is 6.15. The van der Waals surface area contributed by atoms with E-state index < -0.39 is 54.0 Å². The highest BCUT2D eigenvalue weighted by Gasteiger charge is 2.40. The number of nitrogens with zero attached hydrogens (tertiary/aromatic N) is 1. The summed E-state index contributed by atoms with van der Waals surface area (Å²) < 4.78 is 5.32. The van der Waals surface area contributed by atoms with Crippen LogP contribution in [-0.4, -0.2) is 57.5 Å². The molecule has 1 aromatic rings. The summed E-state index contributed by atoms with van der Waals surface area (Å²) in [6, 6.07) is 3.06. The highest BCUT2D eigenvalue weighted by molar-refractivity contribution is 5.95. The molecule has 4 amide bonds. The first-order valence-electron chi connectivity index (χ1n) is 13.8. The van der Waals surface area contributed by atoms with E-state index in [9.17, 15) is 24.3 Å². The number of amides is 4. The molecule has 1 aromatic carbocycles. The summed E-state index contributed by atoms with van der Waals surface area (Å²) in [7, 11) is 0. The molecule has 10 nitrogen and oxygen atoms in total. The fraction of sp³-hybridized carbons (Fsp3) is 0.655. The van der Waals surface area contributed by atoms with E-state index in [0.29, 0.717) is 12.3 Å². The second kappa shape index (κ2) is 15.3. The standard InChI is InChI=1S/C29H48N4O6/c1-9-12-19(4)31-26(36)25(21-13-10-11-14-23(21)34)33(20(5)16-15-18(2)3)27(37)22(17-24(30)35)32-28(38)39-29(6,7)8/h10-11,13-14,18-20,22,25,34H,9,12,15-17H2,1-8H3,(H2,30,35)(H,31,36)(H,32,38). The van der Waals surface area contributed by atoms with Crippen LogP contribution in [-0.2, 0) is 19.1 Å². The molecule has 0 bridgehead atoms. The van der Waals surface area contributed by atoms with Crippen LogP contribution in [0.5, 0.6) is 5.75 Å². The van der Waals surface area contributed by atoms with Gasteiger partial charge in [0.15, 0.2) is 0 Å². The summed E-state index contributed by atoms with van der Waals surface area (Å²) in [4.78, 5) is 54.0. The number of rotatable bonds is 14. The maximum absolute atomic E-state index is 14.2. The second-order valence-corrected chi connectivity index (χ2v) is 11.6. The number of carbonyl (C=O) groups is 4. The highest BCUT2D eigenvalue weighted by atomic mass is 16.6. The van der Waals surface area contributed by atoms with Gasteiger partial charge < -0.3 is 31.1 Å². The minimum Gasteiger partial charge on any atom is -0.508 e. The zero-order valence-electron chi connectivity index (χ0n) is 24.7. The van der Waals surface area contributed by atoms with Gasteiger partial charge in [0.2, 0.25) is 17.7 Å². The lowest BCUT2D eigenvalue weighted by molar-refractivity contribution is -0.146. The van der Waals surface area contributed by atoms with Gasteiger partial charge >= 0.3 is 6.09 Å². The molecule has 0 aliphatic rings. The van der Waals surface area contributed by atoms with Gasteiger partial charge in [-0.1, -0.05) is 45.4 Å². The van der Waals surface area contributed by atoms with E-state index in [1.54, 1.807) is 39.0 Å². The van der Waals surface area contributed by atoms with E-state index >= 15 is 0 Å². The molecule has 0 spiro atoms. The minimum atomic E-state index is -1.38. The lowest BCUT2D eigenvalue weighted by Crippen LogP contribution is -2.56. The number of ether oxygens (including phenoxy) is 1. The number of nitrogens with one attached hydrogen (secondary N) is 2. The Hall–Kier alpha value is -3.30. The molecule has 0 saturated carbocycles. The van der Waals surface area contributed by atoms with E-state index in [2.05, 4.69) is 24.5 Å². The maximum atomic E-state index is 14.2. The Balaban J connectivity index is 3.66. The van der Waals surface area contributed by atoms with Crippen molar-refractivity contribution in [2.45, 2.75) is 117 Å². The predicted molar refractivity (Wildman–Crippen MR) is 151 cm³/mol. The van der Waals surface area contributed by atoms with Crippen molar-refractivity contribution in [1.82, 2.24) is 15.5 Å². The summed E-state index contributed by atoms with van der Waals surface area (Å²) in [6.45, 7) is 14.8. The fourth-order valence-electron chi connectivity index (χ4n) is 4.31. The van der Waals surface area contributed by atoms with Crippen molar-refractivity contribution >= 4 is 23.8 Å². The maximum Gasteiger partial charge on any atom is 0.408 e. The zero-order chi connectivity index (χ0) is 29.9. The number of hydrogen-bond acceptors (Lipinski definition) is 6. The van der Waals surface area contributed by atoms with Gasteiger partial charge in [-0.05, 0) is 65.9 Å². The van der Waals surface area contributed by atoms with Gasteiger partial charge in [-0.25, -0.2) is 4.79 Å². The molecule has 1 rings (SSSR count). The Kier molecular flexibility index (Phi) is 13.3. The average molecular weight is 549 g/mol. The van der Waals surface area contributed by atoms with Gasteiger partial charge in [0.05, 0.1) is 6.42 Å². The van der Waals surface area contributed by atoms with Crippen molar-refractivity contribution in [3.8, 4) is 5.75 Å². The first kappa shape index (κ1) is 33.7. The molecule has 0 radical (unpaired) electrons. The number of hydrogen-bond donors (Lipinski definition) is 4. The van der Waals surface area contributed by atoms with Crippen LogP contribution in [0.2, 0.25) is 0 Å². The molecule has 4 unspecified atom stereocenters. The lowest BCUT2D eigenvalue weighted by atomic mass is 9.96. The Morgan fingerprint density at radius 3 is 2.13 bits per heavy atom. The average Bonchev–Trinajstić information content (AvgIpc) is 2.79. The Morgan fingerprint density at radius 2 is 1.62 bits per heavy atom. The van der Waals surface area contributed by atoms with Gasteiger partial charge in [-0.15, -0.1) is 0 Å². The van der Waals surface area contributed by atoms with Crippen molar-refractivity contribution in [3.05, 3.63) is 29.8 Å². The molecule has 0 fully saturated rings. The lowest BCUT2D eigenvalue weighted by Gasteiger charge is -2.39. The van der Waals surface area contributed by atoms with Gasteiger partial charge in [0.1, 0.15) is 23.4 Å². The number of alkyl carbamates (subject to hydrolysis) is 1. The summed E-state index contributed by atoms with van der Waals surface area (Å²) in [5.41, 5.74) is 4.85. The minimum absolute atomic E-state index is 0.152. The van der Waals surface area contributed by atoms with Crippen LogP contribution in [0.15, 0.2) is 24.3 Å². The molecular weight excluding hydrogens is 500 g/mol. The van der Waals surface area contributed by atoms with Crippen LogP contribution in [0, 0.1) is 5.92 Å². The van der Waals surface area contributed by atoms with Crippen LogP contribution in [0.4, 0.5) is 4.79 Å². The van der Waals surface area contributed by atoms with E-state index in [0.717, 1.165) is 19.3 Å². The van der Waals surface area contributed by atoms with Crippen LogP contribution >= 0.6 is 0 Å². The summed E-state index contributed by atoms with van der Waals surface area (Å²) in [5, 5.41) is 16.2. The molecule has 0 aliphatic heterocycles. The summed E-state index contributed by atoms with van der Waals surface area (Å²) >= 11 is 0. The molecule has 0 aromatic heterocycles. The molecule has 0 aliphatic carbocycles. The van der Waals surface area contributed by atoms with E-state index in [4.69, 9.17) is 10.5 Å². The van der Waals surface area contributed by atoms with Gasteiger partial charge in [-0.2, -0.15) is 0 Å². The number of nitrogens with two attached hydrogens (primary N) is 1. The third-order valence-electron chi connectivity index (χ3n) is 6.15. The topological polar surface area (TPSA) is 151 Å². The molecule has 4 atom stereocenters. The normalized spacial score (nSPS) is 14.6.